The second kappa shape index (κ2) is 13.8. The molecule has 0 aliphatic carbocycles. The Hall–Kier alpha value is -8.48. The van der Waals surface area contributed by atoms with Crippen LogP contribution in [0.4, 0.5) is 0 Å². The van der Waals surface area contributed by atoms with Crippen LogP contribution in [-0.2, 0) is 0 Å². The predicted octanol–water partition coefficient (Wildman–Crippen LogP) is 15.6. The van der Waals surface area contributed by atoms with Gasteiger partial charge in [0.2, 0.25) is 0 Å². The number of fused-ring (bicyclic) bond motifs is 13. The van der Waals surface area contributed by atoms with Crippen LogP contribution in [-0.4, -0.2) is 20.8 Å². The van der Waals surface area contributed by atoms with Gasteiger partial charge in [-0.2, -0.15) is 0 Å². The first-order valence-electron chi connectivity index (χ1n) is 22.3. The molecule has 0 spiro atoms. The molecule has 306 valence electrons. The zero-order valence-corrected chi connectivity index (χ0v) is 35.4. The average molecular weight is 835 g/mol. The zero-order valence-electron chi connectivity index (χ0n) is 35.4. The first kappa shape index (κ1) is 36.0. The summed E-state index contributed by atoms with van der Waals surface area (Å²) in [5.74, 6) is 1.54. The zero-order chi connectivity index (χ0) is 42.8. The quantitative estimate of drug-likeness (QED) is 0.178. The van der Waals surface area contributed by atoms with Crippen molar-refractivity contribution in [1.82, 2.24) is 9.13 Å². The van der Waals surface area contributed by atoms with Gasteiger partial charge < -0.3 is 13.4 Å². The topological polar surface area (TPSA) is 60.9 Å². The summed E-state index contributed by atoms with van der Waals surface area (Å²) in [6.45, 7) is 2.28. The van der Waals surface area contributed by atoms with Crippen molar-refractivity contribution in [3.8, 4) is 5.69 Å². The maximum atomic E-state index is 7.01. The van der Waals surface area contributed by atoms with Crippen LogP contribution in [0.15, 0.2) is 213 Å². The molecule has 0 bridgehead atoms. The van der Waals surface area contributed by atoms with E-state index in [4.69, 9.17) is 18.8 Å². The lowest BCUT2D eigenvalue weighted by Crippen LogP contribution is -2.23. The molecule has 0 amide bonds. The predicted molar refractivity (Wildman–Crippen MR) is 270 cm³/mol. The third kappa shape index (κ3) is 5.34. The number of para-hydroxylation sites is 5. The van der Waals surface area contributed by atoms with Crippen LogP contribution in [0.1, 0.15) is 24.5 Å². The molecule has 1 aliphatic heterocycles. The van der Waals surface area contributed by atoms with Gasteiger partial charge in [-0.1, -0.05) is 128 Å². The van der Waals surface area contributed by atoms with Crippen LogP contribution in [0.2, 0.25) is 0 Å². The Kier molecular flexibility index (Phi) is 7.63. The monoisotopic (exact) mass is 834 g/mol. The molecular weight excluding hydrogens is 797 g/mol. The number of amidine groups is 1. The molecule has 0 N–H and O–H groups in total. The molecular formula is C59H38N4O2. The Bertz CT molecular complexity index is 4190. The average Bonchev–Trinajstić information content (AvgIpc) is 4.10. The third-order valence-corrected chi connectivity index (χ3v) is 13.6. The minimum absolute atomic E-state index is 0.00821. The number of nitrogens with zero attached hydrogens (tertiary/aromatic N) is 4. The molecule has 0 fully saturated rings. The molecule has 1 aliphatic rings. The van der Waals surface area contributed by atoms with Gasteiger partial charge in [0.25, 0.3) is 0 Å². The van der Waals surface area contributed by atoms with Crippen molar-refractivity contribution in [2.75, 3.05) is 0 Å². The molecule has 0 radical (unpaired) electrons. The molecule has 1 atom stereocenters. The highest BCUT2D eigenvalue weighted by atomic mass is 16.3. The summed E-state index contributed by atoms with van der Waals surface area (Å²) in [4.78, 5) is 11.5. The number of aliphatic imine (C=N–C) groups is 2. The van der Waals surface area contributed by atoms with Crippen molar-refractivity contribution in [2.45, 2.75) is 13.3 Å². The molecule has 4 aromatic heterocycles. The summed E-state index contributed by atoms with van der Waals surface area (Å²) in [5.41, 5.74) is 11.4. The first-order valence-corrected chi connectivity index (χ1v) is 22.3. The van der Waals surface area contributed by atoms with E-state index in [1.807, 2.05) is 18.2 Å². The summed E-state index contributed by atoms with van der Waals surface area (Å²) >= 11 is 0. The lowest BCUT2D eigenvalue weighted by Gasteiger charge is -2.21. The van der Waals surface area contributed by atoms with Crippen LogP contribution < -0.4 is 0 Å². The number of allylic oxidation sites excluding steroid dienone is 1. The molecule has 1 unspecified atom stereocenters. The van der Waals surface area contributed by atoms with E-state index in [0.29, 0.717) is 12.3 Å². The number of rotatable bonds is 3. The summed E-state index contributed by atoms with van der Waals surface area (Å²) < 4.78 is 18.1. The number of benzene rings is 9. The van der Waals surface area contributed by atoms with Crippen LogP contribution in [0.3, 0.4) is 0 Å². The Balaban J connectivity index is 1.09. The van der Waals surface area contributed by atoms with Crippen molar-refractivity contribution in [1.29, 1.82) is 0 Å². The molecule has 0 saturated heterocycles. The molecule has 14 rings (SSSR count). The standard InChI is InChI=1S/C59H38N4O2/c1-35-26-29-47(56-51(30-28-44-42-19-7-13-25-54(42)65-57(44)56)62-48-21-9-6-18-41(48)45-32-36-14-2-3-15-37(36)34-52(45)62)60-58(38-27-31-55-46(33-38)43-20-8-12-24-53(43)64-55)61-59(35)63-49-22-10-4-16-39(49)40-17-5-11-23-50(40)63/h2-25,27-35H,26H2,1H3/b47-29+,60-58-,61-59+. The fourth-order valence-corrected chi connectivity index (χ4v) is 10.5. The van der Waals surface area contributed by atoms with Crippen molar-refractivity contribution in [3.05, 3.63) is 205 Å². The summed E-state index contributed by atoms with van der Waals surface area (Å²) in [5, 5.41) is 11.4. The molecule has 0 saturated carbocycles. The Morgan fingerprint density at radius 2 is 1.02 bits per heavy atom. The van der Waals surface area contributed by atoms with Gasteiger partial charge in [0.1, 0.15) is 28.2 Å². The van der Waals surface area contributed by atoms with Crippen molar-refractivity contribution in [2.24, 2.45) is 15.9 Å². The van der Waals surface area contributed by atoms with Gasteiger partial charge >= 0.3 is 0 Å². The number of hydrogen-bond acceptors (Lipinski definition) is 4. The summed E-state index contributed by atoms with van der Waals surface area (Å²) in [6, 6.07) is 66.6. The highest BCUT2D eigenvalue weighted by Gasteiger charge is 2.27. The van der Waals surface area contributed by atoms with Crippen LogP contribution >= 0.6 is 0 Å². The highest BCUT2D eigenvalue weighted by Crippen LogP contribution is 2.43. The molecule has 9 aromatic carbocycles. The fraction of sp³-hybridized carbons (Fsp3) is 0.0508. The molecule has 65 heavy (non-hydrogen) atoms. The normalized spacial score (nSPS) is 17.3. The van der Waals surface area contributed by atoms with E-state index in [0.717, 1.165) is 94.3 Å². The smallest absolute Gasteiger partial charge is 0.161 e. The Labute approximate surface area is 372 Å². The van der Waals surface area contributed by atoms with Gasteiger partial charge in [-0.05, 0) is 90.0 Å². The van der Waals surface area contributed by atoms with Crippen LogP contribution in [0.25, 0.3) is 110 Å². The highest BCUT2D eigenvalue weighted by molar-refractivity contribution is 6.20. The van der Waals surface area contributed by atoms with Crippen molar-refractivity contribution >= 4 is 116 Å². The van der Waals surface area contributed by atoms with Crippen LogP contribution in [0.5, 0.6) is 0 Å². The van der Waals surface area contributed by atoms with Crippen LogP contribution in [0, 0.1) is 5.92 Å². The van der Waals surface area contributed by atoms with Gasteiger partial charge in [-0.3, -0.25) is 4.57 Å². The van der Waals surface area contributed by atoms with Crippen molar-refractivity contribution < 1.29 is 8.83 Å². The fourth-order valence-electron chi connectivity index (χ4n) is 10.5. The summed E-state index contributed by atoms with van der Waals surface area (Å²) in [7, 11) is 0. The first-order chi connectivity index (χ1) is 32.1. The number of furan rings is 2. The van der Waals surface area contributed by atoms with Gasteiger partial charge in [-0.25, -0.2) is 9.98 Å². The van der Waals surface area contributed by atoms with Gasteiger partial charge in [0, 0.05) is 54.6 Å². The molecule has 6 nitrogen and oxygen atoms in total. The minimum Gasteiger partial charge on any atom is -0.456 e. The second-order valence-corrected chi connectivity index (χ2v) is 17.3. The summed E-state index contributed by atoms with van der Waals surface area (Å²) in [6.07, 6.45) is 3.00. The third-order valence-electron chi connectivity index (χ3n) is 13.6. The minimum atomic E-state index is -0.00821. The van der Waals surface area contributed by atoms with Gasteiger partial charge in [0.15, 0.2) is 5.84 Å². The largest absolute Gasteiger partial charge is 0.456 e. The maximum absolute atomic E-state index is 7.01. The van der Waals surface area contributed by atoms with E-state index in [2.05, 4.69) is 192 Å². The second-order valence-electron chi connectivity index (χ2n) is 17.3. The van der Waals surface area contributed by atoms with E-state index in [9.17, 15) is 0 Å². The SMILES string of the molecule is CC1C/C=C(c2c(-n3c4ccccc4c4cc5ccccc5cc43)ccc3c2oc2ccccc23)/N=C(c2ccc3oc4ccccc4c3c2)\N=C/1n1c2ccccc2c2ccccc21. The molecule has 5 heterocycles. The lowest BCUT2D eigenvalue weighted by molar-refractivity contribution is 0.667. The van der Waals surface area contributed by atoms with Crippen molar-refractivity contribution in [3.63, 3.8) is 0 Å². The van der Waals surface area contributed by atoms with E-state index in [1.165, 1.54) is 32.3 Å². The number of aromatic nitrogens is 2. The Morgan fingerprint density at radius 1 is 0.446 bits per heavy atom. The van der Waals surface area contributed by atoms with E-state index < -0.39 is 0 Å². The maximum Gasteiger partial charge on any atom is 0.161 e. The molecule has 13 aromatic rings. The van der Waals surface area contributed by atoms with E-state index in [1.54, 1.807) is 0 Å². The lowest BCUT2D eigenvalue weighted by atomic mass is 9.99. The van der Waals surface area contributed by atoms with E-state index in [-0.39, 0.29) is 5.92 Å². The molecule has 6 heteroatoms. The Morgan fingerprint density at radius 3 is 1.74 bits per heavy atom. The van der Waals surface area contributed by atoms with E-state index >= 15 is 0 Å². The number of hydrogen-bond donors (Lipinski definition) is 0. The van der Waals surface area contributed by atoms with Gasteiger partial charge in [-0.15, -0.1) is 0 Å². The van der Waals surface area contributed by atoms with Gasteiger partial charge in [0.05, 0.1) is 39.0 Å².